The summed E-state index contributed by atoms with van der Waals surface area (Å²) < 4.78 is 5.51. The Morgan fingerprint density at radius 2 is 2.10 bits per heavy atom. The van der Waals surface area contributed by atoms with Gasteiger partial charge in [0.05, 0.1) is 23.5 Å². The smallest absolute Gasteiger partial charge is 0.227 e. The number of hydrogen-bond donors (Lipinski definition) is 2. The minimum absolute atomic E-state index is 0.0322. The number of carbonyl (C=O) groups is 1. The molecule has 3 N–H and O–H groups in total. The molecule has 2 aromatic rings. The van der Waals surface area contributed by atoms with E-state index in [-0.39, 0.29) is 17.9 Å². The zero-order valence-electron chi connectivity index (χ0n) is 16.9. The summed E-state index contributed by atoms with van der Waals surface area (Å²) in [5, 5.41) is 0.667. The second kappa shape index (κ2) is 9.00. The highest BCUT2D eigenvalue weighted by molar-refractivity contribution is 6.31. The number of rotatable bonds is 4. The van der Waals surface area contributed by atoms with Gasteiger partial charge in [0.2, 0.25) is 5.91 Å². The van der Waals surface area contributed by atoms with Crippen LogP contribution in [0.4, 0.5) is 0 Å². The zero-order valence-corrected chi connectivity index (χ0v) is 17.7. The van der Waals surface area contributed by atoms with Crippen molar-refractivity contribution < 1.29 is 9.53 Å². The summed E-state index contributed by atoms with van der Waals surface area (Å²) in [4.78, 5) is 25.3. The van der Waals surface area contributed by atoms with Gasteiger partial charge in [0.1, 0.15) is 5.82 Å². The maximum absolute atomic E-state index is 13.2. The number of fused-ring (bicyclic) bond motifs is 1. The Kier molecular flexibility index (Phi) is 6.39. The van der Waals surface area contributed by atoms with Crippen LogP contribution in [0.1, 0.15) is 31.5 Å². The number of benzene rings is 1. The number of nitrogens with zero attached hydrogens (tertiary/aromatic N) is 3. The number of nitrogens with two attached hydrogens (primary N) is 1. The lowest BCUT2D eigenvalue weighted by Crippen LogP contribution is -2.47. The van der Waals surface area contributed by atoms with Gasteiger partial charge in [0, 0.05) is 50.5 Å². The molecule has 2 saturated heterocycles. The number of carbonyl (C=O) groups excluding carboxylic acids is 1. The molecule has 0 aliphatic carbocycles. The highest BCUT2D eigenvalue weighted by Gasteiger charge is 2.33. The van der Waals surface area contributed by atoms with Gasteiger partial charge in [-0.15, -0.1) is 0 Å². The summed E-state index contributed by atoms with van der Waals surface area (Å²) >= 11 is 6.06. The van der Waals surface area contributed by atoms with Crippen molar-refractivity contribution in [2.45, 2.75) is 44.3 Å². The molecule has 4 rings (SSSR count). The van der Waals surface area contributed by atoms with Crippen molar-refractivity contribution in [3.63, 3.8) is 0 Å². The monoisotopic (exact) mass is 419 g/mol. The van der Waals surface area contributed by atoms with E-state index in [9.17, 15) is 4.79 Å². The van der Waals surface area contributed by atoms with E-state index < -0.39 is 0 Å². The summed E-state index contributed by atoms with van der Waals surface area (Å²) in [5.41, 5.74) is 8.07. The molecule has 0 spiro atoms. The van der Waals surface area contributed by atoms with Gasteiger partial charge in [-0.25, -0.2) is 4.98 Å². The van der Waals surface area contributed by atoms with E-state index in [0.29, 0.717) is 17.6 Å². The first kappa shape index (κ1) is 20.6. The summed E-state index contributed by atoms with van der Waals surface area (Å²) in [5.74, 6) is 0.898. The predicted octanol–water partition coefficient (Wildman–Crippen LogP) is 2.39. The highest BCUT2D eigenvalue weighted by atomic mass is 35.5. The topological polar surface area (TPSA) is 87.5 Å². The van der Waals surface area contributed by atoms with Crippen LogP contribution in [-0.4, -0.2) is 71.1 Å². The number of H-pyrrole nitrogens is 1. The largest absolute Gasteiger partial charge is 0.381 e. The van der Waals surface area contributed by atoms with E-state index in [0.717, 1.165) is 68.8 Å². The molecule has 2 aliphatic heterocycles. The minimum Gasteiger partial charge on any atom is -0.381 e. The molecule has 1 aromatic heterocycles. The molecule has 1 amide bonds. The van der Waals surface area contributed by atoms with Gasteiger partial charge in [0.15, 0.2) is 0 Å². The minimum atomic E-state index is -0.0322. The Morgan fingerprint density at radius 3 is 2.90 bits per heavy atom. The zero-order chi connectivity index (χ0) is 20.4. The molecule has 0 saturated carbocycles. The van der Waals surface area contributed by atoms with Crippen LogP contribution in [0, 0.1) is 5.92 Å². The Balaban J connectivity index is 1.43. The number of ether oxygens (including phenoxy) is 1. The van der Waals surface area contributed by atoms with Crippen molar-refractivity contribution >= 4 is 28.5 Å². The maximum atomic E-state index is 13.2. The molecule has 2 aliphatic rings. The molecule has 0 radical (unpaired) electrons. The van der Waals surface area contributed by atoms with Crippen LogP contribution in [0.3, 0.4) is 0 Å². The Morgan fingerprint density at radius 1 is 1.31 bits per heavy atom. The normalized spacial score (nSPS) is 24.5. The standard InChI is InChI=1S/C21H30ClN5O2/c1-26(13-20-24-18-5-3-15(22)10-19(18)25-20)21(28)14-2-4-16(23)12-27(11-14)17-6-8-29-9-7-17/h3,5,10,14,16-17H,2,4,6-9,11-13,23H2,1H3,(H,24,25)/t14-,16+/m1/s1. The fraction of sp³-hybridized carbons (Fsp3) is 0.619. The summed E-state index contributed by atoms with van der Waals surface area (Å²) in [6.45, 7) is 3.68. The number of likely N-dealkylation sites (tertiary alicyclic amines) is 1. The number of aromatic amines is 1. The number of aromatic nitrogens is 2. The van der Waals surface area contributed by atoms with Crippen molar-refractivity contribution in [2.75, 3.05) is 33.4 Å². The van der Waals surface area contributed by atoms with Crippen LogP contribution >= 0.6 is 11.6 Å². The quantitative estimate of drug-likeness (QED) is 0.794. The number of halogens is 1. The van der Waals surface area contributed by atoms with E-state index >= 15 is 0 Å². The second-order valence-corrected chi connectivity index (χ2v) is 8.81. The van der Waals surface area contributed by atoms with Crippen LogP contribution in [0.25, 0.3) is 11.0 Å². The van der Waals surface area contributed by atoms with Crippen LogP contribution < -0.4 is 5.73 Å². The fourth-order valence-corrected chi connectivity index (χ4v) is 4.70. The lowest BCUT2D eigenvalue weighted by atomic mass is 10.00. The van der Waals surface area contributed by atoms with Gasteiger partial charge in [0.25, 0.3) is 0 Å². The van der Waals surface area contributed by atoms with E-state index in [2.05, 4.69) is 14.9 Å². The molecule has 29 heavy (non-hydrogen) atoms. The highest BCUT2D eigenvalue weighted by Crippen LogP contribution is 2.24. The number of amides is 1. The van der Waals surface area contributed by atoms with Crippen molar-refractivity contribution in [1.82, 2.24) is 19.8 Å². The molecule has 3 heterocycles. The van der Waals surface area contributed by atoms with Gasteiger partial charge in [-0.3, -0.25) is 9.69 Å². The van der Waals surface area contributed by atoms with Crippen molar-refractivity contribution in [1.29, 1.82) is 0 Å². The lowest BCUT2D eigenvalue weighted by molar-refractivity contribution is -0.135. The Labute approximate surface area is 176 Å². The third kappa shape index (κ3) is 4.91. The third-order valence-corrected chi connectivity index (χ3v) is 6.36. The van der Waals surface area contributed by atoms with Crippen LogP contribution in [-0.2, 0) is 16.1 Å². The molecular weight excluding hydrogens is 390 g/mol. The van der Waals surface area contributed by atoms with Gasteiger partial charge in [-0.1, -0.05) is 11.6 Å². The molecule has 0 unspecified atom stereocenters. The van der Waals surface area contributed by atoms with Crippen LogP contribution in [0.2, 0.25) is 5.02 Å². The summed E-state index contributed by atoms with van der Waals surface area (Å²) in [6.07, 6.45) is 3.75. The first-order valence-electron chi connectivity index (χ1n) is 10.5. The first-order valence-corrected chi connectivity index (χ1v) is 10.8. The first-order chi connectivity index (χ1) is 14.0. The molecule has 2 fully saturated rings. The van der Waals surface area contributed by atoms with Gasteiger partial charge < -0.3 is 20.4 Å². The number of imidazole rings is 1. The molecule has 8 heteroatoms. The molecule has 1 aromatic carbocycles. The van der Waals surface area contributed by atoms with E-state index in [1.165, 1.54) is 0 Å². The van der Waals surface area contributed by atoms with Crippen LogP contribution in [0.15, 0.2) is 18.2 Å². The van der Waals surface area contributed by atoms with Gasteiger partial charge >= 0.3 is 0 Å². The Hall–Kier alpha value is -1.67. The molecule has 7 nitrogen and oxygen atoms in total. The number of hydrogen-bond acceptors (Lipinski definition) is 5. The third-order valence-electron chi connectivity index (χ3n) is 6.12. The van der Waals surface area contributed by atoms with Crippen molar-refractivity contribution in [2.24, 2.45) is 11.7 Å². The van der Waals surface area contributed by atoms with E-state index in [1.807, 2.05) is 25.2 Å². The second-order valence-electron chi connectivity index (χ2n) is 8.37. The van der Waals surface area contributed by atoms with Crippen LogP contribution in [0.5, 0.6) is 0 Å². The average molecular weight is 420 g/mol. The SMILES string of the molecule is CN(Cc1nc2ccc(Cl)cc2[nH]1)C(=O)[C@@H]1CC[C@H](N)CN(C2CCOCC2)C1. The Bertz CT molecular complexity index is 851. The van der Waals surface area contributed by atoms with E-state index in [1.54, 1.807) is 4.90 Å². The maximum Gasteiger partial charge on any atom is 0.227 e. The summed E-state index contributed by atoms with van der Waals surface area (Å²) in [7, 11) is 1.85. The fourth-order valence-electron chi connectivity index (χ4n) is 4.53. The predicted molar refractivity (Wildman–Crippen MR) is 114 cm³/mol. The molecular formula is C21H30ClN5O2. The van der Waals surface area contributed by atoms with Gasteiger partial charge in [-0.05, 0) is 43.9 Å². The number of nitrogens with one attached hydrogen (secondary N) is 1. The van der Waals surface area contributed by atoms with E-state index in [4.69, 9.17) is 22.1 Å². The molecule has 158 valence electrons. The van der Waals surface area contributed by atoms with Crippen molar-refractivity contribution in [3.8, 4) is 0 Å². The lowest BCUT2D eigenvalue weighted by Gasteiger charge is -2.36. The van der Waals surface area contributed by atoms with Crippen molar-refractivity contribution in [3.05, 3.63) is 29.0 Å². The average Bonchev–Trinajstić information content (AvgIpc) is 3.00. The molecule has 2 atom stereocenters. The molecule has 0 bridgehead atoms. The summed E-state index contributed by atoms with van der Waals surface area (Å²) in [6, 6.07) is 6.16. The van der Waals surface area contributed by atoms with Gasteiger partial charge in [-0.2, -0.15) is 0 Å².